The van der Waals surface area contributed by atoms with Crippen molar-refractivity contribution in [3.05, 3.63) is 51.2 Å². The zero-order chi connectivity index (χ0) is 19.5. The first-order chi connectivity index (χ1) is 13.6. The minimum Gasteiger partial charge on any atom is -0.497 e. The Morgan fingerprint density at radius 3 is 2.75 bits per heavy atom. The van der Waals surface area contributed by atoms with Crippen LogP contribution >= 0.6 is 11.3 Å². The molecule has 0 bridgehead atoms. The molecule has 1 aliphatic heterocycles. The fourth-order valence-corrected chi connectivity index (χ4v) is 5.56. The van der Waals surface area contributed by atoms with Gasteiger partial charge in [-0.15, -0.1) is 11.3 Å². The third-order valence-corrected chi connectivity index (χ3v) is 7.33. The number of likely N-dealkylation sites (tertiary alicyclic amines) is 1. The number of carbonyl (C=O) groups excluding carboxylic acids is 1. The Hall–Kier alpha value is -1.85. The number of methoxy groups -OCH3 is 1. The quantitative estimate of drug-likeness (QED) is 0.782. The number of hydrogen-bond acceptors (Lipinski definition) is 4. The lowest BCUT2D eigenvalue weighted by Crippen LogP contribution is -2.36. The molecule has 150 valence electrons. The van der Waals surface area contributed by atoms with Gasteiger partial charge in [0.25, 0.3) is 5.91 Å². The summed E-state index contributed by atoms with van der Waals surface area (Å²) in [5, 5.41) is 3.22. The number of nitrogens with zero attached hydrogens (tertiary/aromatic N) is 1. The molecular formula is C23H30N2O2S. The first kappa shape index (κ1) is 19.5. The Morgan fingerprint density at radius 1 is 1.29 bits per heavy atom. The number of rotatable bonds is 6. The number of thiophene rings is 1. The summed E-state index contributed by atoms with van der Waals surface area (Å²) in [5.74, 6) is 1.67. The van der Waals surface area contributed by atoms with Crippen molar-refractivity contribution < 1.29 is 9.53 Å². The number of hydrogen-bond donors (Lipinski definition) is 1. The highest BCUT2D eigenvalue weighted by molar-refractivity contribution is 7.14. The van der Waals surface area contributed by atoms with Gasteiger partial charge < -0.3 is 10.1 Å². The number of nitrogens with one attached hydrogen (secondary N) is 1. The molecule has 0 radical (unpaired) electrons. The van der Waals surface area contributed by atoms with Crippen molar-refractivity contribution in [1.82, 2.24) is 10.2 Å². The summed E-state index contributed by atoms with van der Waals surface area (Å²) >= 11 is 1.69. The summed E-state index contributed by atoms with van der Waals surface area (Å²) in [6.07, 6.45) is 5.94. The van der Waals surface area contributed by atoms with Crippen LogP contribution in [0.4, 0.5) is 0 Å². The van der Waals surface area contributed by atoms with Gasteiger partial charge in [-0.3, -0.25) is 9.69 Å². The SMILES string of the molecule is COc1ccc([C@@H](CNC(=O)c2cc3c(s2)CC[C@@H](C)C3)N2CCCC2)cc1. The van der Waals surface area contributed by atoms with Gasteiger partial charge >= 0.3 is 0 Å². The number of ether oxygens (including phenoxy) is 1. The predicted molar refractivity (Wildman–Crippen MR) is 114 cm³/mol. The third kappa shape index (κ3) is 4.26. The zero-order valence-electron chi connectivity index (χ0n) is 16.9. The summed E-state index contributed by atoms with van der Waals surface area (Å²) in [4.78, 5) is 17.6. The van der Waals surface area contributed by atoms with Gasteiger partial charge in [0.2, 0.25) is 0 Å². The molecule has 5 heteroatoms. The minimum atomic E-state index is 0.0739. The maximum atomic E-state index is 12.9. The van der Waals surface area contributed by atoms with Gasteiger partial charge in [0.05, 0.1) is 18.0 Å². The topological polar surface area (TPSA) is 41.6 Å². The Balaban J connectivity index is 1.45. The second-order valence-electron chi connectivity index (χ2n) is 8.15. The summed E-state index contributed by atoms with van der Waals surface area (Å²) in [5.41, 5.74) is 2.63. The van der Waals surface area contributed by atoms with Crippen LogP contribution in [0.25, 0.3) is 0 Å². The van der Waals surface area contributed by atoms with E-state index >= 15 is 0 Å². The average molecular weight is 399 g/mol. The van der Waals surface area contributed by atoms with Gasteiger partial charge in [0, 0.05) is 11.4 Å². The number of benzene rings is 1. The number of fused-ring (bicyclic) bond motifs is 1. The summed E-state index contributed by atoms with van der Waals surface area (Å²) in [6.45, 7) is 5.13. The van der Waals surface area contributed by atoms with E-state index in [0.717, 1.165) is 42.5 Å². The largest absolute Gasteiger partial charge is 0.497 e. The molecule has 1 fully saturated rings. The van der Waals surface area contributed by atoms with Gasteiger partial charge in [0.15, 0.2) is 0 Å². The number of aryl methyl sites for hydroxylation is 1. The molecule has 1 amide bonds. The van der Waals surface area contributed by atoms with Crippen molar-refractivity contribution in [1.29, 1.82) is 0 Å². The van der Waals surface area contributed by atoms with Gasteiger partial charge in [-0.1, -0.05) is 19.1 Å². The van der Waals surface area contributed by atoms with E-state index in [1.54, 1.807) is 18.4 Å². The Kier molecular flexibility index (Phi) is 6.02. The zero-order valence-corrected chi connectivity index (χ0v) is 17.7. The summed E-state index contributed by atoms with van der Waals surface area (Å²) < 4.78 is 5.30. The van der Waals surface area contributed by atoms with Crippen molar-refractivity contribution in [2.24, 2.45) is 5.92 Å². The lowest BCUT2D eigenvalue weighted by Gasteiger charge is -2.28. The highest BCUT2D eigenvalue weighted by Gasteiger charge is 2.25. The third-order valence-electron chi connectivity index (χ3n) is 6.09. The van der Waals surface area contributed by atoms with Crippen LogP contribution in [-0.2, 0) is 12.8 Å². The molecule has 28 heavy (non-hydrogen) atoms. The Labute approximate surface area is 171 Å². The van der Waals surface area contributed by atoms with Gasteiger partial charge in [-0.2, -0.15) is 0 Å². The van der Waals surface area contributed by atoms with Crippen LogP contribution in [0, 0.1) is 5.92 Å². The van der Waals surface area contributed by atoms with Crippen molar-refractivity contribution in [2.45, 2.75) is 45.1 Å². The smallest absolute Gasteiger partial charge is 0.261 e. The monoisotopic (exact) mass is 398 g/mol. The van der Waals surface area contributed by atoms with E-state index in [0.29, 0.717) is 6.54 Å². The molecule has 4 nitrogen and oxygen atoms in total. The number of amides is 1. The highest BCUT2D eigenvalue weighted by Crippen LogP contribution is 2.32. The Bertz CT molecular complexity index is 809. The average Bonchev–Trinajstić information content (AvgIpc) is 3.38. The van der Waals surface area contributed by atoms with Gasteiger partial charge in [-0.25, -0.2) is 0 Å². The maximum absolute atomic E-state index is 12.9. The van der Waals surface area contributed by atoms with E-state index in [4.69, 9.17) is 4.74 Å². The second kappa shape index (κ2) is 8.66. The van der Waals surface area contributed by atoms with Crippen LogP contribution in [-0.4, -0.2) is 37.6 Å². The minimum absolute atomic E-state index is 0.0739. The predicted octanol–water partition coefficient (Wildman–Crippen LogP) is 4.45. The van der Waals surface area contributed by atoms with Crippen LogP contribution in [0.15, 0.2) is 30.3 Å². The van der Waals surface area contributed by atoms with Crippen LogP contribution in [0.1, 0.15) is 57.9 Å². The molecular weight excluding hydrogens is 368 g/mol. The summed E-state index contributed by atoms with van der Waals surface area (Å²) in [7, 11) is 1.69. The molecule has 1 aromatic heterocycles. The van der Waals surface area contributed by atoms with Crippen molar-refractivity contribution >= 4 is 17.2 Å². The lowest BCUT2D eigenvalue weighted by molar-refractivity contribution is 0.0942. The number of carbonyl (C=O) groups is 1. The molecule has 2 atom stereocenters. The van der Waals surface area contributed by atoms with Crippen LogP contribution in [0.3, 0.4) is 0 Å². The molecule has 0 saturated carbocycles. The van der Waals surface area contributed by atoms with Crippen molar-refractivity contribution in [3.63, 3.8) is 0 Å². The standard InChI is InChI=1S/C23H30N2O2S/c1-16-5-10-21-18(13-16)14-22(28-21)23(26)24-15-20(25-11-3-4-12-25)17-6-8-19(27-2)9-7-17/h6-9,14,16,20H,3-5,10-13,15H2,1-2H3,(H,24,26)/t16-,20-/m1/s1. The molecule has 4 rings (SSSR count). The fraction of sp³-hybridized carbons (Fsp3) is 0.522. The van der Waals surface area contributed by atoms with E-state index in [1.165, 1.54) is 35.3 Å². The molecule has 2 heterocycles. The molecule has 2 aromatic rings. The van der Waals surface area contributed by atoms with Gasteiger partial charge in [0.1, 0.15) is 5.75 Å². The molecule has 2 aliphatic rings. The molecule has 0 spiro atoms. The van der Waals surface area contributed by atoms with E-state index in [9.17, 15) is 4.79 Å². The maximum Gasteiger partial charge on any atom is 0.261 e. The van der Waals surface area contributed by atoms with Crippen LogP contribution < -0.4 is 10.1 Å². The normalized spacial score (nSPS) is 20.6. The van der Waals surface area contributed by atoms with E-state index in [2.05, 4.69) is 35.3 Å². The fourth-order valence-electron chi connectivity index (χ4n) is 4.43. The summed E-state index contributed by atoms with van der Waals surface area (Å²) in [6, 6.07) is 10.6. The first-order valence-electron chi connectivity index (χ1n) is 10.4. The van der Waals surface area contributed by atoms with E-state index < -0.39 is 0 Å². The Morgan fingerprint density at radius 2 is 2.04 bits per heavy atom. The molecule has 1 N–H and O–H groups in total. The van der Waals surface area contributed by atoms with E-state index in [1.807, 2.05) is 12.1 Å². The van der Waals surface area contributed by atoms with Gasteiger partial charge in [-0.05, 0) is 80.4 Å². The van der Waals surface area contributed by atoms with E-state index in [-0.39, 0.29) is 11.9 Å². The highest BCUT2D eigenvalue weighted by atomic mass is 32.1. The molecule has 1 aliphatic carbocycles. The molecule has 0 unspecified atom stereocenters. The molecule has 1 aromatic carbocycles. The van der Waals surface area contributed by atoms with Crippen molar-refractivity contribution in [2.75, 3.05) is 26.7 Å². The molecule has 1 saturated heterocycles. The van der Waals surface area contributed by atoms with Crippen molar-refractivity contribution in [3.8, 4) is 5.75 Å². The first-order valence-corrected chi connectivity index (χ1v) is 11.2. The van der Waals surface area contributed by atoms with Crippen LogP contribution in [0.5, 0.6) is 5.75 Å². The van der Waals surface area contributed by atoms with Crippen LogP contribution in [0.2, 0.25) is 0 Å². The second-order valence-corrected chi connectivity index (χ2v) is 9.29. The lowest BCUT2D eigenvalue weighted by atomic mass is 9.90.